The molecular formula is C21H20F5N3O4. The molecule has 1 saturated heterocycles. The van der Waals surface area contributed by atoms with Gasteiger partial charge in [-0.3, -0.25) is 14.6 Å². The van der Waals surface area contributed by atoms with Crippen molar-refractivity contribution in [3.8, 4) is 5.75 Å². The van der Waals surface area contributed by atoms with Crippen LogP contribution < -0.4 is 15.8 Å². The van der Waals surface area contributed by atoms with Gasteiger partial charge >= 0.3 is 6.18 Å². The van der Waals surface area contributed by atoms with Crippen LogP contribution in [-0.4, -0.2) is 41.8 Å². The number of nitrogens with one attached hydrogen (secondary N) is 1. The number of ether oxygens (including phenoxy) is 2. The summed E-state index contributed by atoms with van der Waals surface area (Å²) >= 11 is 0. The number of amides is 2. The number of rotatable bonds is 5. The number of carbonyl (C=O) groups excluding carboxylic acids is 2. The molecule has 0 radical (unpaired) electrons. The van der Waals surface area contributed by atoms with Gasteiger partial charge < -0.3 is 20.5 Å². The first-order chi connectivity index (χ1) is 15.7. The van der Waals surface area contributed by atoms with Gasteiger partial charge in [0.1, 0.15) is 11.8 Å². The lowest BCUT2D eigenvalue weighted by molar-refractivity contribution is -0.272. The first-order valence-electron chi connectivity index (χ1n) is 10.1. The van der Waals surface area contributed by atoms with Crippen molar-refractivity contribution in [3.63, 3.8) is 0 Å². The van der Waals surface area contributed by atoms with Gasteiger partial charge in [0, 0.05) is 29.3 Å². The minimum Gasteiger partial charge on any atom is -0.493 e. The lowest BCUT2D eigenvalue weighted by atomic mass is 9.77. The van der Waals surface area contributed by atoms with Crippen molar-refractivity contribution in [2.24, 2.45) is 11.7 Å². The average Bonchev–Trinajstić information content (AvgIpc) is 3.03. The Hall–Kier alpha value is -3.28. The number of anilines is 1. The number of pyridine rings is 1. The van der Waals surface area contributed by atoms with E-state index >= 15 is 0 Å². The van der Waals surface area contributed by atoms with E-state index in [1.165, 1.54) is 6.92 Å². The second kappa shape index (κ2) is 8.58. The van der Waals surface area contributed by atoms with Gasteiger partial charge in [0.2, 0.25) is 5.82 Å². The maximum absolute atomic E-state index is 14.4. The number of methoxy groups -OCH3 is 1. The van der Waals surface area contributed by atoms with E-state index in [1.807, 2.05) is 0 Å². The van der Waals surface area contributed by atoms with Gasteiger partial charge in [0.05, 0.1) is 8.48 Å². The largest absolute Gasteiger partial charge is 0.493 e. The number of carbonyl (C=O) groups is 2. The van der Waals surface area contributed by atoms with E-state index in [0.717, 1.165) is 32.4 Å². The summed E-state index contributed by atoms with van der Waals surface area (Å²) in [5, 5.41) is 2.25. The number of primary amides is 1. The molecule has 0 aliphatic carbocycles. The summed E-state index contributed by atoms with van der Waals surface area (Å²) in [6.45, 7) is 1.91. The van der Waals surface area contributed by atoms with E-state index < -0.39 is 70.7 Å². The summed E-state index contributed by atoms with van der Waals surface area (Å²) in [5.41, 5.74) is 1.35. The number of halogens is 5. The molecule has 0 spiro atoms. The summed E-state index contributed by atoms with van der Waals surface area (Å²) in [6, 6.07) is 2.32. The van der Waals surface area contributed by atoms with E-state index in [0.29, 0.717) is 6.07 Å². The number of alkyl halides is 3. The smallest absolute Gasteiger partial charge is 0.417 e. The van der Waals surface area contributed by atoms with Crippen LogP contribution in [-0.2, 0) is 9.53 Å². The second-order valence-corrected chi connectivity index (χ2v) is 7.63. The number of hydrogen-bond acceptors (Lipinski definition) is 5. The van der Waals surface area contributed by atoms with Crippen molar-refractivity contribution in [2.45, 2.75) is 37.6 Å². The Morgan fingerprint density at radius 3 is 2.55 bits per heavy atom. The van der Waals surface area contributed by atoms with Gasteiger partial charge in [-0.25, -0.2) is 4.39 Å². The van der Waals surface area contributed by atoms with E-state index in [-0.39, 0.29) is 11.3 Å². The highest BCUT2D eigenvalue weighted by Gasteiger charge is 2.65. The third-order valence-electron chi connectivity index (χ3n) is 5.76. The molecule has 1 aliphatic rings. The van der Waals surface area contributed by atoms with Crippen molar-refractivity contribution < 1.29 is 42.4 Å². The minimum atomic E-state index is -4.93. The minimum absolute atomic E-state index is 0.208. The molecule has 3 rings (SSSR count). The van der Waals surface area contributed by atoms with Crippen molar-refractivity contribution in [3.05, 3.63) is 53.3 Å². The van der Waals surface area contributed by atoms with Crippen LogP contribution in [0.2, 0.25) is 0 Å². The molecule has 1 fully saturated rings. The maximum Gasteiger partial charge on any atom is 0.417 e. The van der Waals surface area contributed by atoms with Gasteiger partial charge in [-0.15, -0.1) is 0 Å². The van der Waals surface area contributed by atoms with Gasteiger partial charge in [0.15, 0.2) is 17.2 Å². The molecule has 2 amide bonds. The van der Waals surface area contributed by atoms with Gasteiger partial charge in [-0.05, 0) is 25.1 Å². The molecule has 0 saturated carbocycles. The standard InChI is InChI=1S/C21H20F5N3O4/c1-9-14(11-4-5-12(22)15(23)16(11)32-3)17(33-20(9,2)21(24,25)26)19(31)29-10-6-7-28-13(8-10)18(27)30/h4-9,14,17H,1-3H3,(H2,27,30)(H,28,29,31)/t9-,14-,17+,20+/m1/s1/i8D. The van der Waals surface area contributed by atoms with Crippen LogP contribution in [0.5, 0.6) is 5.75 Å². The quantitative estimate of drug-likeness (QED) is 0.646. The molecule has 7 nitrogen and oxygen atoms in total. The number of hydrogen-bond donors (Lipinski definition) is 2. The third-order valence-corrected chi connectivity index (χ3v) is 5.76. The molecule has 0 unspecified atom stereocenters. The normalized spacial score (nSPS) is 25.5. The highest BCUT2D eigenvalue weighted by molar-refractivity contribution is 5.97. The van der Waals surface area contributed by atoms with Crippen molar-refractivity contribution >= 4 is 17.5 Å². The fourth-order valence-electron chi connectivity index (χ4n) is 3.83. The SMILES string of the molecule is [2H]c1c(NC(=O)[C@H]2O[C@](C)(C(F)(F)F)[C@H](C)[C@@H]2c2ccc(F)c(F)c2OC)ccnc1C(N)=O. The van der Waals surface area contributed by atoms with Crippen LogP contribution in [0.15, 0.2) is 30.4 Å². The summed E-state index contributed by atoms with van der Waals surface area (Å²) in [5.74, 6) is -8.43. The Labute approximate surface area is 186 Å². The summed E-state index contributed by atoms with van der Waals surface area (Å²) in [7, 11) is 1.01. The van der Waals surface area contributed by atoms with Crippen molar-refractivity contribution in [2.75, 3.05) is 12.4 Å². The molecule has 0 bridgehead atoms. The Kier molecular flexibility index (Phi) is 5.95. The molecule has 178 valence electrons. The fourth-order valence-corrected chi connectivity index (χ4v) is 3.83. The number of benzene rings is 1. The topological polar surface area (TPSA) is 104 Å². The van der Waals surface area contributed by atoms with Gasteiger partial charge in [-0.2, -0.15) is 17.6 Å². The summed E-state index contributed by atoms with van der Waals surface area (Å²) in [4.78, 5) is 28.2. The number of aromatic nitrogens is 1. The predicted octanol–water partition coefficient (Wildman–Crippen LogP) is 3.55. The third kappa shape index (κ3) is 4.22. The average molecular weight is 474 g/mol. The molecular weight excluding hydrogens is 453 g/mol. The Morgan fingerprint density at radius 2 is 1.97 bits per heavy atom. The molecule has 33 heavy (non-hydrogen) atoms. The monoisotopic (exact) mass is 474 g/mol. The fraction of sp³-hybridized carbons (Fsp3) is 0.381. The predicted molar refractivity (Wildman–Crippen MR) is 106 cm³/mol. The van der Waals surface area contributed by atoms with Crippen LogP contribution in [0, 0.1) is 17.6 Å². The van der Waals surface area contributed by atoms with Crippen molar-refractivity contribution in [1.29, 1.82) is 0 Å². The maximum atomic E-state index is 14.4. The van der Waals surface area contributed by atoms with Gasteiger partial charge in [-0.1, -0.05) is 13.0 Å². The zero-order valence-corrected chi connectivity index (χ0v) is 17.6. The zero-order valence-electron chi connectivity index (χ0n) is 18.6. The van der Waals surface area contributed by atoms with E-state index in [4.69, 9.17) is 16.6 Å². The Bertz CT molecular complexity index is 1150. The first kappa shape index (κ1) is 22.9. The molecule has 4 atom stereocenters. The second-order valence-electron chi connectivity index (χ2n) is 7.63. The van der Waals surface area contributed by atoms with Crippen LogP contribution in [0.25, 0.3) is 0 Å². The molecule has 3 N–H and O–H groups in total. The molecule has 1 aromatic carbocycles. The molecule has 2 heterocycles. The van der Waals surface area contributed by atoms with E-state index in [2.05, 4.69) is 10.3 Å². The van der Waals surface area contributed by atoms with Crippen molar-refractivity contribution in [1.82, 2.24) is 4.98 Å². The lowest BCUT2D eigenvalue weighted by Gasteiger charge is -2.32. The molecule has 12 heteroatoms. The van der Waals surface area contributed by atoms with Crippen LogP contribution in [0.4, 0.5) is 27.6 Å². The van der Waals surface area contributed by atoms with E-state index in [1.54, 1.807) is 0 Å². The molecule has 2 aromatic rings. The zero-order chi connectivity index (χ0) is 25.6. The highest BCUT2D eigenvalue weighted by Crippen LogP contribution is 2.55. The lowest BCUT2D eigenvalue weighted by Crippen LogP contribution is -2.47. The summed E-state index contributed by atoms with van der Waals surface area (Å²) in [6.07, 6.45) is -5.71. The number of nitrogens with zero attached hydrogens (tertiary/aromatic N) is 1. The van der Waals surface area contributed by atoms with Crippen LogP contribution >= 0.6 is 0 Å². The molecule has 1 aliphatic heterocycles. The van der Waals surface area contributed by atoms with E-state index in [9.17, 15) is 31.5 Å². The molecule has 1 aromatic heterocycles. The highest BCUT2D eigenvalue weighted by atomic mass is 19.4. The number of nitrogens with two attached hydrogens (primary N) is 1. The van der Waals surface area contributed by atoms with Crippen LogP contribution in [0.1, 0.15) is 37.2 Å². The Morgan fingerprint density at radius 1 is 1.30 bits per heavy atom. The Balaban J connectivity index is 2.11. The first-order valence-corrected chi connectivity index (χ1v) is 9.57. The van der Waals surface area contributed by atoms with Gasteiger partial charge in [0.25, 0.3) is 11.8 Å². The van der Waals surface area contributed by atoms with Crippen LogP contribution in [0.3, 0.4) is 0 Å². The summed E-state index contributed by atoms with van der Waals surface area (Å²) < 4.78 is 88.2.